The first-order chi connectivity index (χ1) is 7.29. The predicted molar refractivity (Wildman–Crippen MR) is 53.2 cm³/mol. The van der Waals surface area contributed by atoms with Gasteiger partial charge in [-0.1, -0.05) is 0 Å². The summed E-state index contributed by atoms with van der Waals surface area (Å²) in [6.45, 7) is 2.30. The van der Waals surface area contributed by atoms with Crippen LogP contribution in [0.15, 0.2) is 16.5 Å². The van der Waals surface area contributed by atoms with Crippen LogP contribution in [0, 0.1) is 0 Å². The van der Waals surface area contributed by atoms with E-state index in [9.17, 15) is 4.79 Å². The summed E-state index contributed by atoms with van der Waals surface area (Å²) in [6, 6.07) is 3.80. The maximum absolute atomic E-state index is 11.2. The molecule has 15 heavy (non-hydrogen) atoms. The van der Waals surface area contributed by atoms with Crippen molar-refractivity contribution >= 4 is 6.09 Å². The quantitative estimate of drug-likeness (QED) is 0.804. The monoisotopic (exact) mass is 210 g/mol. The number of carbonyl (C=O) groups is 1. The number of nitrogens with one attached hydrogen (secondary N) is 1. The molecule has 1 amide bonds. The second-order valence-electron chi connectivity index (χ2n) is 3.43. The third-order valence-corrected chi connectivity index (χ3v) is 2.26. The van der Waals surface area contributed by atoms with Crippen molar-refractivity contribution < 1.29 is 13.9 Å². The first-order valence-electron chi connectivity index (χ1n) is 4.93. The van der Waals surface area contributed by atoms with Crippen molar-refractivity contribution in [3.63, 3.8) is 0 Å². The maximum atomic E-state index is 11.2. The Hall–Kier alpha value is -1.49. The van der Waals surface area contributed by atoms with Crippen LogP contribution < -0.4 is 5.32 Å². The maximum Gasteiger partial charge on any atom is 0.410 e. The Morgan fingerprint density at radius 2 is 2.27 bits per heavy atom. The van der Waals surface area contributed by atoms with Crippen molar-refractivity contribution in [3.8, 4) is 0 Å². The molecule has 1 N–H and O–H groups in total. The van der Waals surface area contributed by atoms with Gasteiger partial charge in [0.15, 0.2) is 0 Å². The van der Waals surface area contributed by atoms with Gasteiger partial charge in [0.25, 0.3) is 0 Å². The van der Waals surface area contributed by atoms with Crippen molar-refractivity contribution in [1.82, 2.24) is 10.2 Å². The number of nitrogens with zero attached hydrogens (tertiary/aromatic N) is 1. The molecule has 0 bridgehead atoms. The predicted octanol–water partition coefficient (Wildman–Crippen LogP) is 0.951. The molecule has 82 valence electrons. The van der Waals surface area contributed by atoms with Crippen molar-refractivity contribution in [2.45, 2.75) is 13.1 Å². The molecule has 5 nitrogen and oxygen atoms in total. The molecule has 0 saturated carbocycles. The summed E-state index contributed by atoms with van der Waals surface area (Å²) in [6.07, 6.45) is -0.262. The fraction of sp³-hybridized carbons (Fsp3) is 0.500. The molecule has 2 heterocycles. The Kier molecular flexibility index (Phi) is 2.91. The van der Waals surface area contributed by atoms with E-state index in [1.165, 1.54) is 0 Å². The summed E-state index contributed by atoms with van der Waals surface area (Å²) in [7, 11) is 1.86. The Labute approximate surface area is 88.0 Å². The van der Waals surface area contributed by atoms with Crippen molar-refractivity contribution in [1.29, 1.82) is 0 Å². The van der Waals surface area contributed by atoms with Gasteiger partial charge in [-0.2, -0.15) is 0 Å². The molecule has 0 aromatic carbocycles. The van der Waals surface area contributed by atoms with Gasteiger partial charge in [0.05, 0.1) is 19.6 Å². The van der Waals surface area contributed by atoms with E-state index in [2.05, 4.69) is 5.32 Å². The van der Waals surface area contributed by atoms with Crippen molar-refractivity contribution in [2.75, 3.05) is 20.2 Å². The minimum atomic E-state index is -0.262. The average Bonchev–Trinajstić information content (AvgIpc) is 2.79. The first kappa shape index (κ1) is 10.0. The number of furan rings is 1. The van der Waals surface area contributed by atoms with Crippen LogP contribution in [0.25, 0.3) is 0 Å². The summed E-state index contributed by atoms with van der Waals surface area (Å²) in [4.78, 5) is 12.8. The topological polar surface area (TPSA) is 54.7 Å². The fourth-order valence-electron chi connectivity index (χ4n) is 1.53. The molecule has 1 aromatic heterocycles. The van der Waals surface area contributed by atoms with E-state index in [0.29, 0.717) is 26.2 Å². The lowest BCUT2D eigenvalue weighted by Gasteiger charge is -2.09. The Balaban J connectivity index is 1.95. The Morgan fingerprint density at radius 3 is 2.93 bits per heavy atom. The second kappa shape index (κ2) is 4.35. The van der Waals surface area contributed by atoms with Crippen LogP contribution in [0.4, 0.5) is 4.79 Å². The van der Waals surface area contributed by atoms with E-state index in [4.69, 9.17) is 9.15 Å². The summed E-state index contributed by atoms with van der Waals surface area (Å²) in [5.41, 5.74) is 0. The molecule has 1 aliphatic rings. The number of cyclic esters (lactones) is 1. The van der Waals surface area contributed by atoms with Gasteiger partial charge in [-0.3, -0.25) is 4.90 Å². The van der Waals surface area contributed by atoms with Crippen molar-refractivity contribution in [2.24, 2.45) is 0 Å². The van der Waals surface area contributed by atoms with E-state index in [-0.39, 0.29) is 6.09 Å². The fourth-order valence-corrected chi connectivity index (χ4v) is 1.53. The largest absolute Gasteiger partial charge is 0.463 e. The number of ether oxygens (including phenoxy) is 1. The lowest BCUT2D eigenvalue weighted by molar-refractivity contribution is 0.155. The van der Waals surface area contributed by atoms with Crippen LogP contribution in [0.5, 0.6) is 0 Å². The molecular weight excluding hydrogens is 196 g/mol. The van der Waals surface area contributed by atoms with Crippen molar-refractivity contribution in [3.05, 3.63) is 23.7 Å². The zero-order chi connectivity index (χ0) is 10.7. The van der Waals surface area contributed by atoms with Crippen LogP contribution in [0.2, 0.25) is 0 Å². The molecule has 1 fully saturated rings. The number of amides is 1. The normalized spacial score (nSPS) is 15.8. The van der Waals surface area contributed by atoms with Gasteiger partial charge in [0.1, 0.15) is 18.1 Å². The lowest BCUT2D eigenvalue weighted by Crippen LogP contribution is -2.23. The van der Waals surface area contributed by atoms with Gasteiger partial charge in [0, 0.05) is 0 Å². The molecule has 2 rings (SSSR count). The molecule has 0 unspecified atom stereocenters. The van der Waals surface area contributed by atoms with Crippen LogP contribution >= 0.6 is 0 Å². The third kappa shape index (κ3) is 2.30. The third-order valence-electron chi connectivity index (χ3n) is 2.26. The summed E-state index contributed by atoms with van der Waals surface area (Å²) in [5, 5.41) is 3.00. The minimum absolute atomic E-state index is 0.262. The molecule has 0 spiro atoms. The molecule has 1 aromatic rings. The van der Waals surface area contributed by atoms with E-state index in [1.54, 1.807) is 4.90 Å². The molecule has 5 heteroatoms. The van der Waals surface area contributed by atoms with Crippen LogP contribution in [0.3, 0.4) is 0 Å². The number of rotatable bonds is 4. The number of carbonyl (C=O) groups excluding carboxylic acids is 1. The average molecular weight is 210 g/mol. The highest BCUT2D eigenvalue weighted by Crippen LogP contribution is 2.13. The van der Waals surface area contributed by atoms with E-state index < -0.39 is 0 Å². The minimum Gasteiger partial charge on any atom is -0.463 e. The summed E-state index contributed by atoms with van der Waals surface area (Å²) >= 11 is 0. The van der Waals surface area contributed by atoms with Gasteiger partial charge in [-0.15, -0.1) is 0 Å². The summed E-state index contributed by atoms with van der Waals surface area (Å²) < 4.78 is 10.3. The van der Waals surface area contributed by atoms with E-state index in [1.807, 2.05) is 19.2 Å². The first-order valence-corrected chi connectivity index (χ1v) is 4.93. The zero-order valence-corrected chi connectivity index (χ0v) is 8.66. The van der Waals surface area contributed by atoms with E-state index in [0.717, 1.165) is 11.5 Å². The van der Waals surface area contributed by atoms with Crippen LogP contribution in [0.1, 0.15) is 11.5 Å². The van der Waals surface area contributed by atoms with Gasteiger partial charge in [-0.05, 0) is 19.2 Å². The molecular formula is C10H14N2O3. The molecule has 1 aliphatic heterocycles. The van der Waals surface area contributed by atoms with Gasteiger partial charge in [0.2, 0.25) is 0 Å². The zero-order valence-electron chi connectivity index (χ0n) is 8.66. The van der Waals surface area contributed by atoms with Gasteiger partial charge in [-0.25, -0.2) is 4.79 Å². The SMILES string of the molecule is CNCc1ccc(CN2CCOC2=O)o1. The standard InChI is InChI=1S/C10H14N2O3/c1-11-6-8-2-3-9(15-8)7-12-4-5-14-10(12)13/h2-3,11H,4-7H2,1H3. The molecule has 0 aliphatic carbocycles. The molecule has 1 saturated heterocycles. The Morgan fingerprint density at radius 1 is 1.47 bits per heavy atom. The van der Waals surface area contributed by atoms with Gasteiger partial charge < -0.3 is 14.5 Å². The number of hydrogen-bond acceptors (Lipinski definition) is 4. The highest BCUT2D eigenvalue weighted by Gasteiger charge is 2.22. The second-order valence-corrected chi connectivity index (χ2v) is 3.43. The molecule has 0 radical (unpaired) electrons. The van der Waals surface area contributed by atoms with Crippen LogP contribution in [-0.2, 0) is 17.8 Å². The number of hydrogen-bond donors (Lipinski definition) is 1. The highest BCUT2D eigenvalue weighted by atomic mass is 16.6. The lowest BCUT2D eigenvalue weighted by atomic mass is 10.4. The summed E-state index contributed by atoms with van der Waals surface area (Å²) in [5.74, 6) is 1.67. The van der Waals surface area contributed by atoms with Gasteiger partial charge >= 0.3 is 6.09 Å². The van der Waals surface area contributed by atoms with Crippen LogP contribution in [-0.4, -0.2) is 31.2 Å². The smallest absolute Gasteiger partial charge is 0.410 e. The highest BCUT2D eigenvalue weighted by molar-refractivity contribution is 5.69. The van der Waals surface area contributed by atoms with E-state index >= 15 is 0 Å². The molecule has 0 atom stereocenters. The Bertz CT molecular complexity index is 348.